The molecule has 1 saturated heterocycles. The Kier molecular flexibility index (Phi) is 9.66. The summed E-state index contributed by atoms with van der Waals surface area (Å²) < 4.78 is 0. The lowest BCUT2D eigenvalue weighted by molar-refractivity contribution is 0.313. The second-order valence-corrected chi connectivity index (χ2v) is 9.18. The van der Waals surface area contributed by atoms with Crippen LogP contribution in [0.4, 0.5) is 5.95 Å². The normalized spacial score (nSPS) is 20.1. The summed E-state index contributed by atoms with van der Waals surface area (Å²) in [7, 11) is 4.44. The van der Waals surface area contributed by atoms with E-state index in [0.717, 1.165) is 37.9 Å². The minimum atomic E-state index is 0.528. The van der Waals surface area contributed by atoms with Crippen LogP contribution in [0.1, 0.15) is 65.4 Å². The highest BCUT2D eigenvalue weighted by molar-refractivity contribution is 5.35. The van der Waals surface area contributed by atoms with Crippen molar-refractivity contribution in [2.24, 2.45) is 5.92 Å². The number of likely N-dealkylation sites (N-methyl/N-ethyl adjacent to an activating group) is 1. The third-order valence-electron chi connectivity index (χ3n) is 6.10. The molecule has 160 valence electrons. The molecule has 0 spiro atoms. The summed E-state index contributed by atoms with van der Waals surface area (Å²) in [6.45, 7) is 13.7. The van der Waals surface area contributed by atoms with Crippen LogP contribution in [-0.2, 0) is 6.42 Å². The van der Waals surface area contributed by atoms with Gasteiger partial charge >= 0.3 is 0 Å². The van der Waals surface area contributed by atoms with Gasteiger partial charge in [-0.05, 0) is 90.7 Å². The van der Waals surface area contributed by atoms with Crippen LogP contribution in [0.2, 0.25) is 0 Å². The van der Waals surface area contributed by atoms with E-state index in [1.165, 1.54) is 44.2 Å². The molecule has 0 bridgehead atoms. The molecule has 0 aromatic carbocycles. The monoisotopic (exact) mass is 389 g/mol. The van der Waals surface area contributed by atoms with Crippen molar-refractivity contribution >= 4 is 5.95 Å². The first-order valence-corrected chi connectivity index (χ1v) is 11.4. The van der Waals surface area contributed by atoms with Gasteiger partial charge < -0.3 is 14.7 Å². The molecule has 1 fully saturated rings. The van der Waals surface area contributed by atoms with E-state index in [1.54, 1.807) is 0 Å². The lowest BCUT2D eigenvalue weighted by Gasteiger charge is -2.31. The van der Waals surface area contributed by atoms with Gasteiger partial charge in [0.05, 0.1) is 0 Å². The van der Waals surface area contributed by atoms with E-state index >= 15 is 0 Å². The summed E-state index contributed by atoms with van der Waals surface area (Å²) in [5, 5.41) is 0. The molecule has 2 unspecified atom stereocenters. The maximum Gasteiger partial charge on any atom is 0.225 e. The minimum absolute atomic E-state index is 0.528. The SMILES string of the molecule is CCN(C)CC1CCC(C)N1c1ncc(CCCN(C)CCCC(C)C)cn1. The van der Waals surface area contributed by atoms with Crippen LogP contribution in [0.15, 0.2) is 12.4 Å². The third kappa shape index (κ3) is 7.32. The van der Waals surface area contributed by atoms with Gasteiger partial charge in [-0.2, -0.15) is 0 Å². The van der Waals surface area contributed by atoms with Crippen molar-refractivity contribution in [2.75, 3.05) is 45.2 Å². The molecule has 1 aromatic heterocycles. The number of hydrogen-bond donors (Lipinski definition) is 0. The molecule has 0 radical (unpaired) electrons. The molecule has 0 aliphatic carbocycles. The molecule has 28 heavy (non-hydrogen) atoms. The molecule has 5 heteroatoms. The Labute approximate surface area is 173 Å². The maximum absolute atomic E-state index is 4.74. The Balaban J connectivity index is 1.80. The molecule has 1 aliphatic heterocycles. The number of hydrogen-bond acceptors (Lipinski definition) is 5. The smallest absolute Gasteiger partial charge is 0.225 e. The first-order chi connectivity index (χ1) is 13.4. The second-order valence-electron chi connectivity index (χ2n) is 9.18. The molecule has 2 atom stereocenters. The summed E-state index contributed by atoms with van der Waals surface area (Å²) in [6, 6.07) is 1.06. The first kappa shape index (κ1) is 23.1. The van der Waals surface area contributed by atoms with Crippen LogP contribution >= 0.6 is 0 Å². The van der Waals surface area contributed by atoms with Gasteiger partial charge in [0.15, 0.2) is 0 Å². The Morgan fingerprint density at radius 3 is 2.39 bits per heavy atom. The largest absolute Gasteiger partial charge is 0.334 e. The van der Waals surface area contributed by atoms with Gasteiger partial charge in [0, 0.05) is 31.0 Å². The second kappa shape index (κ2) is 11.7. The Morgan fingerprint density at radius 1 is 1.07 bits per heavy atom. The Bertz CT molecular complexity index is 544. The van der Waals surface area contributed by atoms with Crippen LogP contribution in [0.25, 0.3) is 0 Å². The van der Waals surface area contributed by atoms with Gasteiger partial charge in [-0.25, -0.2) is 9.97 Å². The number of nitrogens with zero attached hydrogens (tertiary/aromatic N) is 5. The quantitative estimate of drug-likeness (QED) is 0.538. The van der Waals surface area contributed by atoms with Crippen LogP contribution in [0.3, 0.4) is 0 Å². The number of rotatable bonds is 12. The number of aromatic nitrogens is 2. The average Bonchev–Trinajstić information content (AvgIpc) is 3.02. The van der Waals surface area contributed by atoms with Crippen LogP contribution in [-0.4, -0.2) is 72.1 Å². The summed E-state index contributed by atoms with van der Waals surface area (Å²) >= 11 is 0. The van der Waals surface area contributed by atoms with Crippen molar-refractivity contribution in [3.63, 3.8) is 0 Å². The molecule has 0 saturated carbocycles. The van der Waals surface area contributed by atoms with Crippen LogP contribution in [0.5, 0.6) is 0 Å². The highest BCUT2D eigenvalue weighted by atomic mass is 15.3. The molecule has 1 aromatic rings. The molecule has 2 heterocycles. The molecule has 0 amide bonds. The van der Waals surface area contributed by atoms with Gasteiger partial charge in [-0.1, -0.05) is 20.8 Å². The fourth-order valence-corrected chi connectivity index (χ4v) is 4.14. The first-order valence-electron chi connectivity index (χ1n) is 11.4. The zero-order valence-corrected chi connectivity index (χ0v) is 19.2. The van der Waals surface area contributed by atoms with Crippen molar-refractivity contribution in [2.45, 2.75) is 78.3 Å². The number of anilines is 1. The van der Waals surface area contributed by atoms with Crippen molar-refractivity contribution in [3.8, 4) is 0 Å². The molecular formula is C23H43N5. The molecule has 5 nitrogen and oxygen atoms in total. The van der Waals surface area contributed by atoms with E-state index in [4.69, 9.17) is 9.97 Å². The third-order valence-corrected chi connectivity index (χ3v) is 6.10. The number of aryl methyl sites for hydroxylation is 1. The topological polar surface area (TPSA) is 35.5 Å². The lowest BCUT2D eigenvalue weighted by Crippen LogP contribution is -2.42. The molecule has 0 N–H and O–H groups in total. The lowest BCUT2D eigenvalue weighted by atomic mass is 10.1. The van der Waals surface area contributed by atoms with E-state index in [9.17, 15) is 0 Å². The van der Waals surface area contributed by atoms with Crippen molar-refractivity contribution in [1.29, 1.82) is 0 Å². The van der Waals surface area contributed by atoms with Gasteiger partial charge in [-0.15, -0.1) is 0 Å². The standard InChI is InChI=1S/C23H43N5/c1-7-26(5)18-22-13-12-20(4)28(22)23-24-16-21(17-25-23)11-9-15-27(6)14-8-10-19(2)3/h16-17,19-20,22H,7-15,18H2,1-6H3. The van der Waals surface area contributed by atoms with Crippen molar-refractivity contribution in [1.82, 2.24) is 19.8 Å². The van der Waals surface area contributed by atoms with E-state index in [2.05, 4.69) is 56.5 Å². The van der Waals surface area contributed by atoms with Gasteiger partial charge in [-0.3, -0.25) is 0 Å². The summed E-state index contributed by atoms with van der Waals surface area (Å²) in [5.41, 5.74) is 1.26. The van der Waals surface area contributed by atoms with Crippen molar-refractivity contribution < 1.29 is 0 Å². The van der Waals surface area contributed by atoms with Crippen molar-refractivity contribution in [3.05, 3.63) is 18.0 Å². The predicted molar refractivity (Wildman–Crippen MR) is 120 cm³/mol. The van der Waals surface area contributed by atoms with E-state index in [0.29, 0.717) is 12.1 Å². The van der Waals surface area contributed by atoms with E-state index in [1.807, 2.05) is 12.4 Å². The van der Waals surface area contributed by atoms with Gasteiger partial charge in [0.2, 0.25) is 5.95 Å². The highest BCUT2D eigenvalue weighted by Crippen LogP contribution is 2.28. The molecule has 2 rings (SSSR count). The summed E-state index contributed by atoms with van der Waals surface area (Å²) in [4.78, 5) is 16.8. The predicted octanol–water partition coefficient (Wildman–Crippen LogP) is 4.09. The Morgan fingerprint density at radius 2 is 1.75 bits per heavy atom. The minimum Gasteiger partial charge on any atom is -0.334 e. The van der Waals surface area contributed by atoms with E-state index in [-0.39, 0.29) is 0 Å². The molecule has 1 aliphatic rings. The zero-order valence-electron chi connectivity index (χ0n) is 19.2. The summed E-state index contributed by atoms with van der Waals surface area (Å²) in [6.07, 6.45) is 11.4. The van der Waals surface area contributed by atoms with Crippen LogP contribution in [0, 0.1) is 5.92 Å². The van der Waals surface area contributed by atoms with Gasteiger partial charge in [0.25, 0.3) is 0 Å². The summed E-state index contributed by atoms with van der Waals surface area (Å²) in [5.74, 6) is 1.72. The highest BCUT2D eigenvalue weighted by Gasteiger charge is 2.32. The van der Waals surface area contributed by atoms with Gasteiger partial charge in [0.1, 0.15) is 0 Å². The Hall–Kier alpha value is -1.20. The fourth-order valence-electron chi connectivity index (χ4n) is 4.14. The van der Waals surface area contributed by atoms with Crippen LogP contribution < -0.4 is 4.90 Å². The zero-order chi connectivity index (χ0) is 20.5. The fraction of sp³-hybridized carbons (Fsp3) is 0.826. The van der Waals surface area contributed by atoms with E-state index < -0.39 is 0 Å². The maximum atomic E-state index is 4.74. The molecular weight excluding hydrogens is 346 g/mol. The average molecular weight is 390 g/mol.